The lowest BCUT2D eigenvalue weighted by molar-refractivity contribution is -0.117. The normalized spacial score (nSPS) is 16.0. The Hall–Kier alpha value is -2.83. The highest BCUT2D eigenvalue weighted by atomic mass is 16.2. The molecule has 2 aromatic heterocycles. The molecule has 1 aromatic carbocycles. The van der Waals surface area contributed by atoms with Crippen LogP contribution in [0.4, 0.5) is 5.82 Å². The van der Waals surface area contributed by atoms with Gasteiger partial charge in [-0.25, -0.2) is 4.98 Å². The lowest BCUT2D eigenvalue weighted by Crippen LogP contribution is -2.36. The van der Waals surface area contributed by atoms with Crippen LogP contribution in [-0.2, 0) is 4.79 Å². The average Bonchev–Trinajstić information content (AvgIpc) is 2.92. The van der Waals surface area contributed by atoms with Crippen LogP contribution in [0.2, 0.25) is 0 Å². The third kappa shape index (κ3) is 4.52. The Morgan fingerprint density at radius 2 is 1.96 bits per heavy atom. The summed E-state index contributed by atoms with van der Waals surface area (Å²) in [6.07, 6.45) is 6.52. The molecule has 1 aliphatic rings. The largest absolute Gasteiger partial charge is 0.310 e. The molecule has 1 N–H and O–H groups in total. The van der Waals surface area contributed by atoms with Crippen LogP contribution in [0.15, 0.2) is 55.0 Å². The van der Waals surface area contributed by atoms with Crippen molar-refractivity contribution in [2.45, 2.75) is 6.42 Å². The van der Waals surface area contributed by atoms with E-state index in [1.54, 1.807) is 12.4 Å². The molecule has 0 atom stereocenters. The zero-order valence-corrected chi connectivity index (χ0v) is 16.1. The Morgan fingerprint density at radius 3 is 2.82 bits per heavy atom. The molecule has 1 aliphatic heterocycles. The molecular weight excluding hydrogens is 350 g/mol. The molecule has 0 radical (unpaired) electrons. The Kier molecular flexibility index (Phi) is 5.60. The first-order valence-corrected chi connectivity index (χ1v) is 9.68. The van der Waals surface area contributed by atoms with Gasteiger partial charge in [0.15, 0.2) is 0 Å². The lowest BCUT2D eigenvalue weighted by Gasteiger charge is -2.19. The number of rotatable bonds is 4. The fourth-order valence-corrected chi connectivity index (χ4v) is 3.57. The van der Waals surface area contributed by atoms with Crippen molar-refractivity contribution in [2.75, 3.05) is 45.1 Å². The SMILES string of the molecule is CN1CCCN(CC(=O)Nc2cc3cc(-c4cccnc4)ccc3cn2)CC1. The van der Waals surface area contributed by atoms with Gasteiger partial charge in [0.05, 0.1) is 6.54 Å². The molecular formula is C22H25N5O. The number of nitrogens with zero attached hydrogens (tertiary/aromatic N) is 4. The third-order valence-electron chi connectivity index (χ3n) is 5.16. The number of hydrogen-bond acceptors (Lipinski definition) is 5. The van der Waals surface area contributed by atoms with E-state index in [4.69, 9.17) is 0 Å². The van der Waals surface area contributed by atoms with Crippen LogP contribution in [0.5, 0.6) is 0 Å². The fraction of sp³-hybridized carbons (Fsp3) is 0.318. The van der Waals surface area contributed by atoms with Gasteiger partial charge < -0.3 is 10.2 Å². The topological polar surface area (TPSA) is 61.4 Å². The standard InChI is InChI=1S/C22H25N5O/c1-26-8-3-9-27(11-10-26)16-22(28)25-21-13-20-12-17(5-6-19(20)15-24-21)18-4-2-7-23-14-18/h2,4-7,12-15H,3,8-11,16H2,1H3,(H,24,25,28). The molecule has 6 heteroatoms. The molecule has 28 heavy (non-hydrogen) atoms. The van der Waals surface area contributed by atoms with Gasteiger partial charge in [0, 0.05) is 42.6 Å². The van der Waals surface area contributed by atoms with Gasteiger partial charge in [-0.05, 0) is 55.7 Å². The van der Waals surface area contributed by atoms with Crippen LogP contribution in [0, 0.1) is 0 Å². The minimum Gasteiger partial charge on any atom is -0.310 e. The molecule has 0 unspecified atom stereocenters. The van der Waals surface area contributed by atoms with Gasteiger partial charge in [-0.2, -0.15) is 0 Å². The number of aromatic nitrogens is 2. The quantitative estimate of drug-likeness (QED) is 0.760. The van der Waals surface area contributed by atoms with E-state index in [2.05, 4.69) is 44.3 Å². The van der Waals surface area contributed by atoms with Crippen molar-refractivity contribution < 1.29 is 4.79 Å². The molecule has 1 amide bonds. The van der Waals surface area contributed by atoms with Crippen LogP contribution in [0.3, 0.4) is 0 Å². The van der Waals surface area contributed by atoms with Crippen molar-refractivity contribution in [3.8, 4) is 11.1 Å². The van der Waals surface area contributed by atoms with Crippen molar-refractivity contribution in [1.82, 2.24) is 19.8 Å². The van der Waals surface area contributed by atoms with E-state index in [-0.39, 0.29) is 5.91 Å². The number of benzene rings is 1. The maximum Gasteiger partial charge on any atom is 0.239 e. The van der Waals surface area contributed by atoms with Crippen molar-refractivity contribution in [3.05, 3.63) is 55.0 Å². The molecule has 0 bridgehead atoms. The third-order valence-corrected chi connectivity index (χ3v) is 5.16. The molecule has 3 aromatic rings. The number of carbonyl (C=O) groups excluding carboxylic acids is 1. The summed E-state index contributed by atoms with van der Waals surface area (Å²) in [5, 5.41) is 5.04. The second kappa shape index (κ2) is 8.46. The molecule has 144 valence electrons. The number of pyridine rings is 2. The summed E-state index contributed by atoms with van der Waals surface area (Å²) in [4.78, 5) is 25.6. The van der Waals surface area contributed by atoms with Gasteiger partial charge in [0.2, 0.25) is 5.91 Å². The number of nitrogens with one attached hydrogen (secondary N) is 1. The maximum absolute atomic E-state index is 12.5. The van der Waals surface area contributed by atoms with Crippen LogP contribution >= 0.6 is 0 Å². The highest BCUT2D eigenvalue weighted by molar-refractivity contribution is 5.94. The molecule has 0 aliphatic carbocycles. The maximum atomic E-state index is 12.5. The number of amides is 1. The number of anilines is 1. The molecule has 4 rings (SSSR count). The Balaban J connectivity index is 1.47. The highest BCUT2D eigenvalue weighted by Gasteiger charge is 2.15. The Bertz CT molecular complexity index is 960. The number of hydrogen-bond donors (Lipinski definition) is 1. The number of fused-ring (bicyclic) bond motifs is 1. The van der Waals surface area contributed by atoms with Gasteiger partial charge in [-0.1, -0.05) is 18.2 Å². The zero-order valence-electron chi connectivity index (χ0n) is 16.1. The van der Waals surface area contributed by atoms with Crippen LogP contribution in [0.25, 0.3) is 21.9 Å². The second-order valence-electron chi connectivity index (χ2n) is 7.35. The van der Waals surface area contributed by atoms with Gasteiger partial charge in [0.1, 0.15) is 5.82 Å². The Labute approximate surface area is 165 Å². The number of likely N-dealkylation sites (N-methyl/N-ethyl adjacent to an activating group) is 1. The minimum absolute atomic E-state index is 0.0141. The summed E-state index contributed by atoms with van der Waals surface area (Å²) in [5.74, 6) is 0.576. The smallest absolute Gasteiger partial charge is 0.239 e. The van der Waals surface area contributed by atoms with Crippen molar-refractivity contribution in [1.29, 1.82) is 0 Å². The Morgan fingerprint density at radius 1 is 1.04 bits per heavy atom. The summed E-state index contributed by atoms with van der Waals surface area (Å²) < 4.78 is 0. The summed E-state index contributed by atoms with van der Waals surface area (Å²) in [6.45, 7) is 4.37. The van der Waals surface area contributed by atoms with Crippen LogP contribution in [0.1, 0.15) is 6.42 Å². The minimum atomic E-state index is -0.0141. The summed E-state index contributed by atoms with van der Waals surface area (Å²) in [7, 11) is 2.13. The van der Waals surface area contributed by atoms with Crippen molar-refractivity contribution >= 4 is 22.5 Å². The predicted octanol–water partition coefficient (Wildman–Crippen LogP) is 2.87. The molecule has 6 nitrogen and oxygen atoms in total. The van der Waals surface area contributed by atoms with Gasteiger partial charge in [0.25, 0.3) is 0 Å². The van der Waals surface area contributed by atoms with E-state index in [1.807, 2.05) is 30.5 Å². The van der Waals surface area contributed by atoms with E-state index in [9.17, 15) is 4.79 Å². The molecule has 1 saturated heterocycles. The van der Waals surface area contributed by atoms with E-state index < -0.39 is 0 Å². The first kappa shape index (κ1) is 18.5. The van der Waals surface area contributed by atoms with Gasteiger partial charge >= 0.3 is 0 Å². The summed E-state index contributed by atoms with van der Waals surface area (Å²) in [6, 6.07) is 12.1. The van der Waals surface area contributed by atoms with E-state index in [0.29, 0.717) is 12.4 Å². The summed E-state index contributed by atoms with van der Waals surface area (Å²) >= 11 is 0. The average molecular weight is 375 g/mol. The van der Waals surface area contributed by atoms with Crippen molar-refractivity contribution in [3.63, 3.8) is 0 Å². The predicted molar refractivity (Wildman–Crippen MR) is 112 cm³/mol. The van der Waals surface area contributed by atoms with Crippen LogP contribution < -0.4 is 5.32 Å². The first-order valence-electron chi connectivity index (χ1n) is 9.68. The summed E-state index contributed by atoms with van der Waals surface area (Å²) in [5.41, 5.74) is 2.16. The van der Waals surface area contributed by atoms with E-state index >= 15 is 0 Å². The van der Waals surface area contributed by atoms with Gasteiger partial charge in [-0.15, -0.1) is 0 Å². The molecule has 3 heterocycles. The van der Waals surface area contributed by atoms with Gasteiger partial charge in [-0.3, -0.25) is 14.7 Å². The zero-order chi connectivity index (χ0) is 19.3. The monoisotopic (exact) mass is 375 g/mol. The van der Waals surface area contributed by atoms with Crippen molar-refractivity contribution in [2.24, 2.45) is 0 Å². The first-order chi connectivity index (χ1) is 13.7. The van der Waals surface area contributed by atoms with E-state index in [0.717, 1.165) is 54.5 Å². The van der Waals surface area contributed by atoms with Crippen LogP contribution in [-0.4, -0.2) is 65.4 Å². The van der Waals surface area contributed by atoms with E-state index in [1.165, 1.54) is 0 Å². The molecule has 0 saturated carbocycles. The molecule has 0 spiro atoms. The lowest BCUT2D eigenvalue weighted by atomic mass is 10.0. The second-order valence-corrected chi connectivity index (χ2v) is 7.35. The fourth-order valence-electron chi connectivity index (χ4n) is 3.57. The number of carbonyl (C=O) groups is 1. The highest BCUT2D eigenvalue weighted by Crippen LogP contribution is 2.24. The molecule has 1 fully saturated rings.